The van der Waals surface area contributed by atoms with Crippen molar-refractivity contribution in [3.63, 3.8) is 0 Å². The van der Waals surface area contributed by atoms with Crippen LogP contribution in [0.15, 0.2) is 55.3 Å². The molecule has 1 aliphatic heterocycles. The summed E-state index contributed by atoms with van der Waals surface area (Å²) in [7, 11) is 0. The summed E-state index contributed by atoms with van der Waals surface area (Å²) in [5.74, 6) is -2.41. The van der Waals surface area contributed by atoms with E-state index in [0.717, 1.165) is 0 Å². The molecule has 2 amide bonds. The molecule has 40 heavy (non-hydrogen) atoms. The van der Waals surface area contributed by atoms with Gasteiger partial charge in [0.15, 0.2) is 5.82 Å². The molecule has 1 N–H and O–H groups in total. The molecule has 204 valence electrons. The molecule has 0 saturated heterocycles. The maximum atomic E-state index is 14.2. The first-order valence-corrected chi connectivity index (χ1v) is 13.0. The molecule has 2 aromatic carbocycles. The number of ether oxygens (including phenoxy) is 1. The normalized spacial score (nSPS) is 18.6. The van der Waals surface area contributed by atoms with E-state index in [4.69, 9.17) is 33.2 Å². The predicted molar refractivity (Wildman–Crippen MR) is 145 cm³/mol. The minimum atomic E-state index is -1.39. The van der Waals surface area contributed by atoms with Crippen LogP contribution in [0.2, 0.25) is 10.0 Å². The molecule has 0 unspecified atom stereocenters. The second-order valence-electron chi connectivity index (χ2n) is 9.83. The maximum absolute atomic E-state index is 14.2. The molecule has 9 nitrogen and oxygen atoms in total. The Morgan fingerprint density at radius 1 is 1.25 bits per heavy atom. The summed E-state index contributed by atoms with van der Waals surface area (Å²) in [6.45, 7) is 5.18. The molecule has 0 spiro atoms. The van der Waals surface area contributed by atoms with Gasteiger partial charge in [-0.25, -0.2) is 19.1 Å². The number of carbonyl (C=O) groups excluding carboxylic acids is 3. The summed E-state index contributed by atoms with van der Waals surface area (Å²) in [6.07, 6.45) is 3.65. The molecule has 5 rings (SSSR count). The van der Waals surface area contributed by atoms with Crippen molar-refractivity contribution in [1.82, 2.24) is 14.9 Å². The Balaban J connectivity index is 1.58. The van der Waals surface area contributed by atoms with E-state index in [9.17, 15) is 18.8 Å². The third-order valence-electron chi connectivity index (χ3n) is 7.02. The molecule has 3 aromatic rings. The van der Waals surface area contributed by atoms with Crippen LogP contribution in [0.4, 0.5) is 16.0 Å². The zero-order chi connectivity index (χ0) is 28.8. The third kappa shape index (κ3) is 4.51. The highest BCUT2D eigenvalue weighted by atomic mass is 35.5. The minimum Gasteiger partial charge on any atom is -0.460 e. The van der Waals surface area contributed by atoms with E-state index < -0.39 is 34.7 Å². The third-order valence-corrected chi connectivity index (χ3v) is 7.57. The molecule has 1 atom stereocenters. The lowest BCUT2D eigenvalue weighted by Gasteiger charge is -2.27. The highest BCUT2D eigenvalue weighted by molar-refractivity contribution is 6.35. The monoisotopic (exact) mass is 581 g/mol. The second kappa shape index (κ2) is 10.1. The molecule has 1 fully saturated rings. The van der Waals surface area contributed by atoms with Crippen LogP contribution < -0.4 is 10.2 Å². The number of halogens is 3. The minimum absolute atomic E-state index is 0.00739. The topological polar surface area (TPSA) is 117 Å². The summed E-state index contributed by atoms with van der Waals surface area (Å²) in [5.41, 5.74) is -1.20. The number of aromatic nitrogens is 2. The lowest BCUT2D eigenvalue weighted by atomic mass is 9.91. The van der Waals surface area contributed by atoms with Crippen LogP contribution in [0.5, 0.6) is 0 Å². The van der Waals surface area contributed by atoms with Crippen LogP contribution in [0.25, 0.3) is 0 Å². The molecular weight excluding hydrogens is 560 g/mol. The fraction of sp³-hybridized carbons (Fsp3) is 0.250. The fourth-order valence-corrected chi connectivity index (χ4v) is 5.26. The van der Waals surface area contributed by atoms with E-state index in [0.29, 0.717) is 24.0 Å². The van der Waals surface area contributed by atoms with Crippen molar-refractivity contribution in [3.05, 3.63) is 87.9 Å². The number of hydrogen-bond acceptors (Lipinski definition) is 6. The average Bonchev–Trinajstić information content (AvgIpc) is 3.52. The first-order valence-electron chi connectivity index (χ1n) is 12.2. The molecular formula is C28H22Cl2FN5O4. The van der Waals surface area contributed by atoms with Gasteiger partial charge >= 0.3 is 5.97 Å². The smallest absolute Gasteiger partial charge is 0.332 e. The summed E-state index contributed by atoms with van der Waals surface area (Å²) in [5, 5.41) is 11.3. The van der Waals surface area contributed by atoms with Crippen molar-refractivity contribution in [2.75, 3.05) is 11.5 Å². The Morgan fingerprint density at radius 3 is 2.48 bits per heavy atom. The number of nitriles is 1. The summed E-state index contributed by atoms with van der Waals surface area (Å²) in [4.78, 5) is 45.8. The summed E-state index contributed by atoms with van der Waals surface area (Å²) >= 11 is 12.1. The van der Waals surface area contributed by atoms with Crippen molar-refractivity contribution in [3.8, 4) is 6.07 Å². The first kappa shape index (κ1) is 27.4. The van der Waals surface area contributed by atoms with E-state index in [-0.39, 0.29) is 40.4 Å². The average molecular weight is 582 g/mol. The van der Waals surface area contributed by atoms with Gasteiger partial charge in [0.25, 0.3) is 11.8 Å². The molecule has 2 aliphatic rings. The van der Waals surface area contributed by atoms with Gasteiger partial charge in [-0.2, -0.15) is 5.26 Å². The number of imidazole rings is 1. The number of rotatable bonds is 8. The molecule has 0 radical (unpaired) electrons. The van der Waals surface area contributed by atoms with E-state index in [2.05, 4.69) is 22.9 Å². The number of carbonyl (C=O) groups is 3. The van der Waals surface area contributed by atoms with Gasteiger partial charge in [0.05, 0.1) is 33.6 Å². The first-order chi connectivity index (χ1) is 19.0. The summed E-state index contributed by atoms with van der Waals surface area (Å²) < 4.78 is 20.8. The number of nitrogens with zero attached hydrogens (tertiary/aromatic N) is 4. The van der Waals surface area contributed by atoms with Crippen LogP contribution >= 0.6 is 23.2 Å². The van der Waals surface area contributed by atoms with Crippen molar-refractivity contribution >= 4 is 52.6 Å². The van der Waals surface area contributed by atoms with Gasteiger partial charge in [-0.15, -0.1) is 0 Å². The van der Waals surface area contributed by atoms with Crippen molar-refractivity contribution in [2.24, 2.45) is 0 Å². The van der Waals surface area contributed by atoms with Gasteiger partial charge in [-0.3, -0.25) is 14.2 Å². The summed E-state index contributed by atoms with van der Waals surface area (Å²) in [6, 6.07) is 11.3. The Hall–Kier alpha value is -4.20. The SMILES string of the molecule is C=CCOC(=O)C1(NC(=O)c2cnc3n2[C@](C)(Cc2ccc(C#N)cc2)C(=O)N3c2cc(Cl)c(F)c(Cl)c2)CC1. The molecule has 0 bridgehead atoms. The fourth-order valence-electron chi connectivity index (χ4n) is 4.79. The van der Waals surface area contributed by atoms with Crippen LogP contribution in [0.1, 0.15) is 41.4 Å². The molecule has 2 heterocycles. The number of fused-ring (bicyclic) bond motifs is 1. The van der Waals surface area contributed by atoms with Crippen molar-refractivity contribution in [2.45, 2.75) is 37.3 Å². The Labute approximate surface area is 238 Å². The van der Waals surface area contributed by atoms with Crippen LogP contribution in [-0.2, 0) is 26.3 Å². The molecule has 12 heteroatoms. The largest absolute Gasteiger partial charge is 0.460 e. The second-order valence-corrected chi connectivity index (χ2v) is 10.6. The predicted octanol–water partition coefficient (Wildman–Crippen LogP) is 4.83. The van der Waals surface area contributed by atoms with Crippen LogP contribution in [-0.4, -0.2) is 39.5 Å². The molecule has 1 aromatic heterocycles. The van der Waals surface area contributed by atoms with Crippen LogP contribution in [0, 0.1) is 17.1 Å². The quantitative estimate of drug-likeness (QED) is 0.231. The van der Waals surface area contributed by atoms with Gasteiger partial charge in [0, 0.05) is 6.42 Å². The standard InChI is InChI=1S/C28H22Cl2FN5O4/c1-3-10-40-25(39)28(8-9-28)34-23(37)21-15-33-26-35(18-11-19(29)22(31)20(30)12-18)24(38)27(2,36(21)26)13-16-4-6-17(14-32)7-5-16/h3-7,11-12,15H,1,8-10,13H2,2H3,(H,34,37)/t27-/m1/s1. The highest BCUT2D eigenvalue weighted by Gasteiger charge is 2.55. The zero-order valence-electron chi connectivity index (χ0n) is 21.2. The van der Waals surface area contributed by atoms with Gasteiger partial charge in [-0.1, -0.05) is 48.0 Å². The van der Waals surface area contributed by atoms with E-state index in [1.807, 2.05) is 0 Å². The number of hydrogen-bond donors (Lipinski definition) is 1. The van der Waals surface area contributed by atoms with E-state index in [1.54, 1.807) is 31.2 Å². The number of anilines is 2. The lowest BCUT2D eigenvalue weighted by molar-refractivity contribution is -0.145. The number of esters is 1. The number of nitrogens with one attached hydrogen (secondary N) is 1. The molecule has 1 aliphatic carbocycles. The number of benzene rings is 2. The van der Waals surface area contributed by atoms with Gasteiger partial charge in [0.1, 0.15) is 23.4 Å². The Morgan fingerprint density at radius 2 is 1.90 bits per heavy atom. The van der Waals surface area contributed by atoms with Crippen molar-refractivity contribution < 1.29 is 23.5 Å². The van der Waals surface area contributed by atoms with E-state index >= 15 is 0 Å². The lowest BCUT2D eigenvalue weighted by Crippen LogP contribution is -2.47. The maximum Gasteiger partial charge on any atom is 0.332 e. The zero-order valence-corrected chi connectivity index (χ0v) is 22.7. The molecule has 1 saturated carbocycles. The van der Waals surface area contributed by atoms with E-state index in [1.165, 1.54) is 33.9 Å². The Kier molecular flexibility index (Phi) is 6.90. The van der Waals surface area contributed by atoms with Crippen molar-refractivity contribution in [1.29, 1.82) is 5.26 Å². The van der Waals surface area contributed by atoms with Crippen LogP contribution in [0.3, 0.4) is 0 Å². The number of amides is 2. The Bertz CT molecular complexity index is 1590. The van der Waals surface area contributed by atoms with Gasteiger partial charge in [0.2, 0.25) is 5.95 Å². The highest BCUT2D eigenvalue weighted by Crippen LogP contribution is 2.44. The van der Waals surface area contributed by atoms with Gasteiger partial charge < -0.3 is 10.1 Å². The van der Waals surface area contributed by atoms with Gasteiger partial charge in [-0.05, 0) is 49.6 Å².